The second kappa shape index (κ2) is 10.0. The van der Waals surface area contributed by atoms with E-state index in [1.54, 1.807) is 25.3 Å². The first-order chi connectivity index (χ1) is 14.6. The van der Waals surface area contributed by atoms with Gasteiger partial charge in [0, 0.05) is 30.1 Å². The Kier molecular flexibility index (Phi) is 7.63. The van der Waals surface area contributed by atoms with Crippen LogP contribution in [0, 0.1) is 11.3 Å². The summed E-state index contributed by atoms with van der Waals surface area (Å²) in [6, 6.07) is 6.28. The molecule has 0 amide bonds. The number of hydrogen-bond donors (Lipinski definition) is 5. The van der Waals surface area contributed by atoms with E-state index in [-0.39, 0.29) is 16.9 Å². The van der Waals surface area contributed by atoms with Crippen molar-refractivity contribution in [1.29, 1.82) is 5.41 Å². The second-order valence-electron chi connectivity index (χ2n) is 7.86. The minimum Gasteiger partial charge on any atom is -0.393 e. The van der Waals surface area contributed by atoms with Crippen LogP contribution in [0.1, 0.15) is 39.0 Å². The van der Waals surface area contributed by atoms with E-state index in [2.05, 4.69) is 36.5 Å². The first-order valence-corrected chi connectivity index (χ1v) is 12.4. The molecule has 3 rings (SSSR count). The average molecular weight is 511 g/mol. The Morgan fingerprint density at radius 2 is 1.94 bits per heavy atom. The molecule has 9 nitrogen and oxygen atoms in total. The first kappa shape index (κ1) is 23.6. The number of sulfonamides is 1. The Morgan fingerprint density at radius 3 is 2.52 bits per heavy atom. The van der Waals surface area contributed by atoms with Gasteiger partial charge in [0.05, 0.1) is 15.5 Å². The topological polar surface area (TPSA) is 154 Å². The number of halogens is 1. The molecule has 1 unspecified atom stereocenters. The highest BCUT2D eigenvalue weighted by Crippen LogP contribution is 2.30. The zero-order valence-corrected chi connectivity index (χ0v) is 19.6. The Morgan fingerprint density at radius 1 is 1.29 bits per heavy atom. The number of primary sulfonamides is 1. The number of benzene rings is 1. The zero-order chi connectivity index (χ0) is 22.6. The first-order valence-electron chi connectivity index (χ1n) is 10.1. The summed E-state index contributed by atoms with van der Waals surface area (Å²) in [5, 5.41) is 29.3. The van der Waals surface area contributed by atoms with Crippen molar-refractivity contribution in [2.45, 2.75) is 56.1 Å². The maximum absolute atomic E-state index is 11.4. The van der Waals surface area contributed by atoms with Crippen molar-refractivity contribution in [2.75, 3.05) is 10.6 Å². The van der Waals surface area contributed by atoms with Gasteiger partial charge in [-0.05, 0) is 78.7 Å². The molecule has 31 heavy (non-hydrogen) atoms. The van der Waals surface area contributed by atoms with E-state index in [9.17, 15) is 13.5 Å². The van der Waals surface area contributed by atoms with Crippen LogP contribution in [-0.4, -0.2) is 41.3 Å². The normalized spacial score (nSPS) is 20.1. The molecule has 0 bridgehead atoms. The molecule has 1 aromatic carbocycles. The highest BCUT2D eigenvalue weighted by molar-refractivity contribution is 9.10. The highest BCUT2D eigenvalue weighted by atomic mass is 79.9. The molecular weight excluding hydrogens is 484 g/mol. The van der Waals surface area contributed by atoms with E-state index in [0.29, 0.717) is 29.6 Å². The number of aromatic nitrogens is 2. The van der Waals surface area contributed by atoms with Crippen LogP contribution in [0.25, 0.3) is 0 Å². The summed E-state index contributed by atoms with van der Waals surface area (Å²) in [7, 11) is -3.74. The minimum absolute atomic E-state index is 0.0364. The molecule has 0 aliphatic heterocycles. The van der Waals surface area contributed by atoms with E-state index in [0.717, 1.165) is 30.2 Å². The maximum atomic E-state index is 11.4. The van der Waals surface area contributed by atoms with Crippen LogP contribution in [-0.2, 0) is 10.0 Å². The summed E-state index contributed by atoms with van der Waals surface area (Å²) >= 11 is 3.48. The lowest BCUT2D eigenvalue weighted by Gasteiger charge is -2.30. The average Bonchev–Trinajstić information content (AvgIpc) is 2.70. The number of aliphatic hydroxyl groups excluding tert-OH is 1. The zero-order valence-electron chi connectivity index (χ0n) is 17.2. The van der Waals surface area contributed by atoms with Crippen LogP contribution in [0.5, 0.6) is 0 Å². The Hall–Kier alpha value is -2.08. The summed E-state index contributed by atoms with van der Waals surface area (Å²) in [6.45, 7) is 1.72. The second-order valence-corrected chi connectivity index (χ2v) is 10.3. The van der Waals surface area contributed by atoms with Crippen molar-refractivity contribution in [3.63, 3.8) is 0 Å². The van der Waals surface area contributed by atoms with Gasteiger partial charge in [0.1, 0.15) is 5.82 Å². The molecule has 1 fully saturated rings. The standard InChI is InChI=1S/C20H27BrN6O3S/c1-12(28)10-18(22)13-2-4-14(5-3-13)25-19-17(21)11-24-20(27-19)26-15-6-8-16(9-7-15)31(23,29)30/h6-9,11-14,22,28H,2-5,10H2,1H3,(H2,23,29,30)(H2,24,25,26,27). The molecule has 0 saturated heterocycles. The van der Waals surface area contributed by atoms with E-state index in [1.165, 1.54) is 12.1 Å². The molecule has 1 aliphatic rings. The number of rotatable bonds is 8. The number of nitrogens with zero attached hydrogens (tertiary/aromatic N) is 2. The molecule has 1 atom stereocenters. The Bertz CT molecular complexity index is 1020. The van der Waals surface area contributed by atoms with Gasteiger partial charge in [0.2, 0.25) is 16.0 Å². The fourth-order valence-electron chi connectivity index (χ4n) is 3.65. The summed E-state index contributed by atoms with van der Waals surface area (Å²) in [6.07, 6.45) is 5.28. The summed E-state index contributed by atoms with van der Waals surface area (Å²) in [5.41, 5.74) is 1.27. The highest BCUT2D eigenvalue weighted by Gasteiger charge is 2.25. The van der Waals surface area contributed by atoms with E-state index in [1.807, 2.05) is 0 Å². The third-order valence-corrected chi connectivity index (χ3v) is 6.77. The molecule has 2 aromatic rings. The minimum atomic E-state index is -3.74. The lowest BCUT2D eigenvalue weighted by Crippen LogP contribution is -2.30. The van der Waals surface area contributed by atoms with Gasteiger partial charge in [0.15, 0.2) is 0 Å². The van der Waals surface area contributed by atoms with Gasteiger partial charge in [0.25, 0.3) is 0 Å². The lowest BCUT2D eigenvalue weighted by atomic mass is 9.81. The fraction of sp³-hybridized carbons (Fsp3) is 0.450. The quantitative estimate of drug-likeness (QED) is 0.341. The van der Waals surface area contributed by atoms with E-state index in [4.69, 9.17) is 10.5 Å². The van der Waals surface area contributed by atoms with Crippen molar-refractivity contribution >= 4 is 49.1 Å². The van der Waals surface area contributed by atoms with Crippen LogP contribution in [0.4, 0.5) is 17.5 Å². The number of anilines is 3. The number of nitrogens with one attached hydrogen (secondary N) is 3. The largest absolute Gasteiger partial charge is 0.393 e. The Balaban J connectivity index is 1.61. The van der Waals surface area contributed by atoms with Gasteiger partial charge in [-0.25, -0.2) is 18.5 Å². The number of hydrogen-bond acceptors (Lipinski definition) is 8. The van der Waals surface area contributed by atoms with Crippen molar-refractivity contribution in [3.8, 4) is 0 Å². The van der Waals surface area contributed by atoms with Crippen molar-refractivity contribution in [2.24, 2.45) is 11.1 Å². The van der Waals surface area contributed by atoms with Gasteiger partial charge >= 0.3 is 0 Å². The molecular formula is C20H27BrN6O3S. The smallest absolute Gasteiger partial charge is 0.238 e. The van der Waals surface area contributed by atoms with Gasteiger partial charge in [-0.1, -0.05) is 0 Å². The molecule has 0 radical (unpaired) electrons. The molecule has 168 valence electrons. The summed E-state index contributed by atoms with van der Waals surface area (Å²) in [5.74, 6) is 1.28. The monoisotopic (exact) mass is 510 g/mol. The molecule has 1 saturated carbocycles. The maximum Gasteiger partial charge on any atom is 0.238 e. The predicted octanol–water partition coefficient (Wildman–Crippen LogP) is 3.39. The van der Waals surface area contributed by atoms with Gasteiger partial charge < -0.3 is 21.1 Å². The molecule has 1 heterocycles. The number of aliphatic hydroxyl groups is 1. The van der Waals surface area contributed by atoms with Gasteiger partial charge in [-0.2, -0.15) is 4.98 Å². The van der Waals surface area contributed by atoms with Crippen molar-refractivity contribution in [3.05, 3.63) is 34.9 Å². The Labute approximate surface area is 190 Å². The number of nitrogens with two attached hydrogens (primary N) is 1. The molecule has 1 aromatic heterocycles. The van der Waals surface area contributed by atoms with Crippen LogP contribution in [0.2, 0.25) is 0 Å². The van der Waals surface area contributed by atoms with Crippen LogP contribution in [0.3, 0.4) is 0 Å². The SMILES string of the molecule is CC(O)CC(=N)C1CCC(Nc2nc(Nc3ccc(S(N)(=O)=O)cc3)ncc2Br)CC1. The molecule has 6 N–H and O–H groups in total. The summed E-state index contributed by atoms with van der Waals surface area (Å²) < 4.78 is 23.5. The van der Waals surface area contributed by atoms with Crippen LogP contribution in [0.15, 0.2) is 39.8 Å². The molecule has 0 spiro atoms. The van der Waals surface area contributed by atoms with Crippen LogP contribution >= 0.6 is 15.9 Å². The van der Waals surface area contributed by atoms with Gasteiger partial charge in [-0.3, -0.25) is 0 Å². The van der Waals surface area contributed by atoms with Crippen molar-refractivity contribution < 1.29 is 13.5 Å². The third-order valence-electron chi connectivity index (χ3n) is 5.26. The third kappa shape index (κ3) is 6.70. The lowest BCUT2D eigenvalue weighted by molar-refractivity contribution is 0.200. The molecule has 1 aliphatic carbocycles. The van der Waals surface area contributed by atoms with Crippen LogP contribution < -0.4 is 15.8 Å². The predicted molar refractivity (Wildman–Crippen MR) is 124 cm³/mol. The summed E-state index contributed by atoms with van der Waals surface area (Å²) in [4.78, 5) is 8.82. The van der Waals surface area contributed by atoms with Gasteiger partial charge in [-0.15, -0.1) is 0 Å². The molecule has 11 heteroatoms. The fourth-order valence-corrected chi connectivity index (χ4v) is 4.47. The van der Waals surface area contributed by atoms with E-state index >= 15 is 0 Å². The van der Waals surface area contributed by atoms with Crippen molar-refractivity contribution in [1.82, 2.24) is 9.97 Å². The van der Waals surface area contributed by atoms with E-state index < -0.39 is 16.1 Å².